The first-order valence-electron chi connectivity index (χ1n) is 5.36. The molecule has 0 radical (unpaired) electrons. The Morgan fingerprint density at radius 3 is 0.909 bits per heavy atom. The Labute approximate surface area is 166 Å². The van der Waals surface area contributed by atoms with Crippen LogP contribution in [0.15, 0.2) is 60.7 Å². The molecule has 10 heteroatoms. The molecule has 0 aliphatic carbocycles. The smallest absolute Gasteiger partial charge is 0.807 e. The van der Waals surface area contributed by atoms with Crippen LogP contribution in [0.25, 0.3) is 0 Å². The van der Waals surface area contributed by atoms with Gasteiger partial charge in [0.05, 0.1) is 0 Å². The van der Waals surface area contributed by atoms with Gasteiger partial charge in [-0.15, -0.1) is 0 Å². The molecule has 0 bridgehead atoms. The Hall–Kier alpha value is 0.506. The van der Waals surface area contributed by atoms with Crippen molar-refractivity contribution in [1.29, 1.82) is 0 Å². The second kappa shape index (κ2) is 11.1. The van der Waals surface area contributed by atoms with Crippen LogP contribution in [0.2, 0.25) is 0 Å². The Morgan fingerprint density at radius 1 is 0.545 bits per heavy atom. The van der Waals surface area contributed by atoms with Crippen LogP contribution in [0.3, 0.4) is 0 Å². The number of benzene rings is 2. The van der Waals surface area contributed by atoms with Gasteiger partial charge in [-0.25, -0.2) is 0 Å². The van der Waals surface area contributed by atoms with Crippen molar-refractivity contribution in [2.45, 2.75) is 0 Å². The predicted octanol–water partition coefficient (Wildman–Crippen LogP) is -1.55. The molecule has 0 fully saturated rings. The Morgan fingerprint density at radius 2 is 0.773 bits per heavy atom. The molecule has 0 aliphatic rings. The Bertz CT molecular complexity index is 569. The topological polar surface area (TPSA) is 126 Å². The SMILES string of the molecule is O=P([O-])([O-])c1ccccc1.O=P([O-])([O-])c1ccccc1.[Zr+2].[Zr+2]. The quantitative estimate of drug-likeness (QED) is 0.465. The maximum absolute atomic E-state index is 10.3. The van der Waals surface area contributed by atoms with Crippen molar-refractivity contribution < 1.29 is 81.1 Å². The third-order valence-electron chi connectivity index (χ3n) is 2.14. The molecule has 0 N–H and O–H groups in total. The van der Waals surface area contributed by atoms with E-state index in [1.165, 1.54) is 48.5 Å². The second-order valence-electron chi connectivity index (χ2n) is 3.67. The summed E-state index contributed by atoms with van der Waals surface area (Å²) in [6.07, 6.45) is 0. The number of hydrogen-bond acceptors (Lipinski definition) is 6. The van der Waals surface area contributed by atoms with Crippen LogP contribution in [-0.4, -0.2) is 0 Å². The standard InChI is InChI=1S/2C6H7O3P.2Zr/c2*7-10(8,9)6-4-2-1-3-5-6;;/h2*1-5H,(H2,7,8,9);;/q;;2*+2/p-4. The third kappa shape index (κ3) is 9.60. The molecule has 6 nitrogen and oxygen atoms in total. The monoisotopic (exact) mass is 492 g/mol. The van der Waals surface area contributed by atoms with E-state index in [0.29, 0.717) is 0 Å². The van der Waals surface area contributed by atoms with Gasteiger partial charge in [0.2, 0.25) is 0 Å². The summed E-state index contributed by atoms with van der Waals surface area (Å²) in [7, 11) is -9.04. The van der Waals surface area contributed by atoms with Gasteiger partial charge in [0.25, 0.3) is 0 Å². The minimum atomic E-state index is -4.52. The average molecular weight is 495 g/mol. The van der Waals surface area contributed by atoms with E-state index in [1.54, 1.807) is 12.1 Å². The molecule has 112 valence electrons. The summed E-state index contributed by atoms with van der Waals surface area (Å²) in [5, 5.41) is -0.315. The van der Waals surface area contributed by atoms with E-state index in [2.05, 4.69) is 0 Å². The second-order valence-corrected chi connectivity index (χ2v) is 6.69. The van der Waals surface area contributed by atoms with Crippen LogP contribution in [-0.2, 0) is 61.5 Å². The molecule has 0 saturated carbocycles. The van der Waals surface area contributed by atoms with Crippen molar-refractivity contribution in [2.75, 3.05) is 0 Å². The molecule has 2 aromatic carbocycles. The van der Waals surface area contributed by atoms with Crippen molar-refractivity contribution in [1.82, 2.24) is 0 Å². The van der Waals surface area contributed by atoms with E-state index in [-0.39, 0.29) is 63.0 Å². The fourth-order valence-electron chi connectivity index (χ4n) is 1.22. The Balaban J connectivity index is 0. The molecule has 0 unspecified atom stereocenters. The van der Waals surface area contributed by atoms with E-state index in [1.807, 2.05) is 0 Å². The van der Waals surface area contributed by atoms with Crippen LogP contribution < -0.4 is 30.2 Å². The molecule has 0 saturated heterocycles. The van der Waals surface area contributed by atoms with E-state index >= 15 is 0 Å². The third-order valence-corrected chi connectivity index (χ3v) is 4.01. The maximum atomic E-state index is 10.3. The molecule has 22 heavy (non-hydrogen) atoms. The zero-order valence-corrected chi connectivity index (χ0v) is 17.8. The molecule has 0 aliphatic heterocycles. The van der Waals surface area contributed by atoms with Crippen LogP contribution in [0, 0.1) is 0 Å². The first-order chi connectivity index (χ1) is 9.21. The molecule has 2 rings (SSSR count). The van der Waals surface area contributed by atoms with Crippen molar-refractivity contribution in [3.63, 3.8) is 0 Å². The molecule has 0 aromatic heterocycles. The van der Waals surface area contributed by atoms with Gasteiger partial charge in [-0.05, 0) is 25.8 Å². The van der Waals surface area contributed by atoms with Gasteiger partial charge in [-0.2, -0.15) is 0 Å². The van der Waals surface area contributed by atoms with Crippen LogP contribution >= 0.6 is 15.2 Å². The van der Waals surface area contributed by atoms with E-state index in [0.717, 1.165) is 0 Å². The minimum Gasteiger partial charge on any atom is -0.807 e. The average Bonchev–Trinajstić information content (AvgIpc) is 2.40. The van der Waals surface area contributed by atoms with Crippen LogP contribution in [0.1, 0.15) is 0 Å². The number of rotatable bonds is 2. The van der Waals surface area contributed by atoms with Gasteiger partial charge >= 0.3 is 52.4 Å². The van der Waals surface area contributed by atoms with Gasteiger partial charge in [0.15, 0.2) is 0 Å². The van der Waals surface area contributed by atoms with Crippen molar-refractivity contribution >= 4 is 25.8 Å². The van der Waals surface area contributed by atoms with Gasteiger partial charge in [-0.3, -0.25) is 0 Å². The molecule has 2 aromatic rings. The first-order valence-corrected chi connectivity index (χ1v) is 8.45. The summed E-state index contributed by atoms with van der Waals surface area (Å²) in [6.45, 7) is 0. The van der Waals surface area contributed by atoms with E-state index in [4.69, 9.17) is 0 Å². The molecule has 0 amide bonds. The zero-order valence-electron chi connectivity index (χ0n) is 11.1. The summed E-state index contributed by atoms with van der Waals surface area (Å²) in [5.41, 5.74) is 0. The first kappa shape index (κ1) is 24.8. The van der Waals surface area contributed by atoms with Gasteiger partial charge in [0.1, 0.15) is 0 Å². The van der Waals surface area contributed by atoms with Gasteiger partial charge in [0, 0.05) is 0 Å². The Kier molecular flexibility index (Phi) is 12.5. The zero-order chi connectivity index (χ0) is 15.2. The molecular weight excluding hydrogens is 485 g/mol. The fourth-order valence-corrected chi connectivity index (χ4v) is 2.30. The summed E-state index contributed by atoms with van der Waals surface area (Å²) in [4.78, 5) is 41.2. The summed E-state index contributed by atoms with van der Waals surface area (Å²) in [5.74, 6) is 0. The molecule has 0 atom stereocenters. The van der Waals surface area contributed by atoms with E-state index in [9.17, 15) is 28.7 Å². The molecule has 0 heterocycles. The minimum absolute atomic E-state index is 0. The van der Waals surface area contributed by atoms with E-state index < -0.39 is 15.2 Å². The van der Waals surface area contributed by atoms with Crippen LogP contribution in [0.5, 0.6) is 0 Å². The summed E-state index contributed by atoms with van der Waals surface area (Å²) < 4.78 is 20.6. The van der Waals surface area contributed by atoms with Crippen molar-refractivity contribution in [3.8, 4) is 0 Å². The number of hydrogen-bond donors (Lipinski definition) is 0. The van der Waals surface area contributed by atoms with Gasteiger partial charge in [-0.1, -0.05) is 60.7 Å². The normalized spacial score (nSPS) is 10.4. The predicted molar refractivity (Wildman–Crippen MR) is 67.4 cm³/mol. The van der Waals surface area contributed by atoms with Crippen LogP contribution in [0.4, 0.5) is 0 Å². The summed E-state index contributed by atoms with van der Waals surface area (Å²) >= 11 is 0. The fraction of sp³-hybridized carbons (Fsp3) is 0. The largest absolute Gasteiger partial charge is 2.00 e. The van der Waals surface area contributed by atoms with Crippen molar-refractivity contribution in [2.24, 2.45) is 0 Å². The van der Waals surface area contributed by atoms with Crippen molar-refractivity contribution in [3.05, 3.63) is 60.7 Å². The molecular formula is C12H10O6P2Zr2. The summed E-state index contributed by atoms with van der Waals surface area (Å²) in [6, 6.07) is 14.5. The van der Waals surface area contributed by atoms with Gasteiger partial charge < -0.3 is 28.7 Å². The molecule has 0 spiro atoms. The maximum Gasteiger partial charge on any atom is 2.00 e.